The maximum absolute atomic E-state index is 5.20. The Balaban J connectivity index is 1.47. The number of hydrogen-bond acceptors (Lipinski definition) is 4. The van der Waals surface area contributed by atoms with Gasteiger partial charge in [-0.15, -0.1) is 11.3 Å². The van der Waals surface area contributed by atoms with Crippen LogP contribution >= 0.6 is 11.3 Å². The molecule has 0 aliphatic heterocycles. The molecule has 0 saturated carbocycles. The van der Waals surface area contributed by atoms with Crippen molar-refractivity contribution >= 4 is 76.1 Å². The van der Waals surface area contributed by atoms with Gasteiger partial charge in [0.15, 0.2) is 5.82 Å². The molecular formula is C37H23N3S. The number of para-hydroxylation sites is 1. The van der Waals surface area contributed by atoms with Crippen molar-refractivity contribution in [1.82, 2.24) is 15.0 Å². The smallest absolute Gasteiger partial charge is 0.179 e. The maximum Gasteiger partial charge on any atom is 0.179 e. The van der Waals surface area contributed by atoms with Crippen LogP contribution in [0.2, 0.25) is 0 Å². The van der Waals surface area contributed by atoms with Crippen LogP contribution in [0.15, 0.2) is 116 Å². The summed E-state index contributed by atoms with van der Waals surface area (Å²) >= 11 is 1.82. The Hall–Kier alpha value is -5.19. The van der Waals surface area contributed by atoms with Gasteiger partial charge in [-0.3, -0.25) is 0 Å². The minimum atomic E-state index is 0.572. The van der Waals surface area contributed by atoms with Crippen LogP contribution < -0.4 is 0 Å². The lowest BCUT2D eigenvalue weighted by molar-refractivity contribution is 1.14. The summed E-state index contributed by atoms with van der Waals surface area (Å²) in [6, 6.07) is 36.2. The maximum atomic E-state index is 5.20. The highest BCUT2D eigenvalue weighted by atomic mass is 32.1. The van der Waals surface area contributed by atoms with E-state index in [1.54, 1.807) is 6.08 Å². The summed E-state index contributed by atoms with van der Waals surface area (Å²) in [5, 5.41) is 8.11. The first-order chi connectivity index (χ1) is 20.2. The number of benzene rings is 5. The molecule has 0 N–H and O–H groups in total. The second-order valence-electron chi connectivity index (χ2n) is 10.1. The molecule has 4 heteroatoms. The molecule has 8 aromatic rings. The van der Waals surface area contributed by atoms with Gasteiger partial charge in [0.25, 0.3) is 0 Å². The first kappa shape index (κ1) is 23.7. The van der Waals surface area contributed by atoms with Crippen LogP contribution in [-0.2, 0) is 0 Å². The molecule has 0 spiro atoms. The molecule has 5 aromatic carbocycles. The topological polar surface area (TPSA) is 38.7 Å². The first-order valence-electron chi connectivity index (χ1n) is 13.5. The van der Waals surface area contributed by atoms with Gasteiger partial charge in [0.2, 0.25) is 0 Å². The van der Waals surface area contributed by atoms with E-state index in [0.717, 1.165) is 55.3 Å². The number of hydrogen-bond donors (Lipinski definition) is 0. The van der Waals surface area contributed by atoms with Gasteiger partial charge in [-0.1, -0.05) is 92.0 Å². The van der Waals surface area contributed by atoms with E-state index in [1.165, 1.54) is 25.6 Å². The van der Waals surface area contributed by atoms with Crippen molar-refractivity contribution < 1.29 is 0 Å². The highest BCUT2D eigenvalue weighted by Gasteiger charge is 2.19. The lowest BCUT2D eigenvalue weighted by Gasteiger charge is -2.14. The van der Waals surface area contributed by atoms with E-state index in [-0.39, 0.29) is 0 Å². The fourth-order valence-corrected chi connectivity index (χ4v) is 6.97. The molecule has 0 amide bonds. The lowest BCUT2D eigenvalue weighted by atomic mass is 9.99. The Morgan fingerprint density at radius 1 is 0.537 bits per heavy atom. The van der Waals surface area contributed by atoms with Gasteiger partial charge < -0.3 is 0 Å². The second-order valence-corrected chi connectivity index (χ2v) is 11.2. The second kappa shape index (κ2) is 9.19. The minimum Gasteiger partial charge on any atom is -0.244 e. The number of fused-ring (bicyclic) bond motifs is 7. The van der Waals surface area contributed by atoms with Gasteiger partial charge in [-0.25, -0.2) is 15.0 Å². The van der Waals surface area contributed by atoms with Crippen molar-refractivity contribution in [3.63, 3.8) is 0 Å². The number of thiophene rings is 1. The van der Waals surface area contributed by atoms with E-state index in [1.807, 2.05) is 23.5 Å². The Morgan fingerprint density at radius 3 is 2.17 bits per heavy atom. The average Bonchev–Trinajstić information content (AvgIpc) is 3.40. The van der Waals surface area contributed by atoms with Crippen molar-refractivity contribution in [2.24, 2.45) is 0 Å². The van der Waals surface area contributed by atoms with Crippen LogP contribution in [0.1, 0.15) is 11.3 Å². The monoisotopic (exact) mass is 541 g/mol. The summed E-state index contributed by atoms with van der Waals surface area (Å²) in [5.74, 6) is 0.572. The van der Waals surface area contributed by atoms with Crippen molar-refractivity contribution in [2.75, 3.05) is 0 Å². The van der Waals surface area contributed by atoms with Crippen molar-refractivity contribution in [1.29, 1.82) is 0 Å². The zero-order valence-corrected chi connectivity index (χ0v) is 23.0. The Kier molecular flexibility index (Phi) is 5.31. The summed E-state index contributed by atoms with van der Waals surface area (Å²) in [6.07, 6.45) is 3.60. The van der Waals surface area contributed by atoms with Gasteiger partial charge >= 0.3 is 0 Å². The first-order valence-corrected chi connectivity index (χ1v) is 14.3. The molecule has 0 aliphatic carbocycles. The fourth-order valence-electron chi connectivity index (χ4n) is 5.85. The van der Waals surface area contributed by atoms with E-state index in [0.29, 0.717) is 5.82 Å². The van der Waals surface area contributed by atoms with Crippen LogP contribution in [-0.4, -0.2) is 15.0 Å². The molecule has 0 aliphatic rings. The molecule has 0 unspecified atom stereocenters. The number of nitrogens with zero attached hydrogens (tertiary/aromatic N) is 3. The predicted octanol–water partition coefficient (Wildman–Crippen LogP) is 10.3. The van der Waals surface area contributed by atoms with Crippen LogP contribution in [0.5, 0.6) is 0 Å². The molecule has 41 heavy (non-hydrogen) atoms. The van der Waals surface area contributed by atoms with Gasteiger partial charge in [-0.2, -0.15) is 0 Å². The van der Waals surface area contributed by atoms with Gasteiger partial charge in [0.05, 0.1) is 16.9 Å². The van der Waals surface area contributed by atoms with Crippen molar-refractivity contribution in [2.45, 2.75) is 0 Å². The normalized spacial score (nSPS) is 11.6. The molecule has 8 rings (SSSR count). The summed E-state index contributed by atoms with van der Waals surface area (Å²) in [5.41, 5.74) is 5.09. The summed E-state index contributed by atoms with van der Waals surface area (Å²) in [6.45, 7) is 8.18. The molecule has 3 aromatic heterocycles. The molecule has 0 fully saturated rings. The quantitative estimate of drug-likeness (QED) is 0.208. The van der Waals surface area contributed by atoms with Gasteiger partial charge in [0, 0.05) is 42.1 Å². The van der Waals surface area contributed by atoms with Gasteiger partial charge in [0.1, 0.15) is 5.69 Å². The molecule has 3 nitrogen and oxygen atoms in total. The van der Waals surface area contributed by atoms with E-state index in [9.17, 15) is 0 Å². The summed E-state index contributed by atoms with van der Waals surface area (Å²) in [4.78, 5) is 15.4. The molecule has 0 radical (unpaired) electrons. The van der Waals surface area contributed by atoms with Crippen LogP contribution in [0, 0.1) is 0 Å². The zero-order valence-electron chi connectivity index (χ0n) is 22.1. The fraction of sp³-hybridized carbons (Fsp3) is 0. The molecule has 0 atom stereocenters. The molecule has 0 saturated heterocycles. The highest BCUT2D eigenvalue weighted by molar-refractivity contribution is 7.25. The molecule has 192 valence electrons. The van der Waals surface area contributed by atoms with E-state index < -0.39 is 0 Å². The molecule has 3 heterocycles. The van der Waals surface area contributed by atoms with Crippen LogP contribution in [0.3, 0.4) is 0 Å². The predicted molar refractivity (Wildman–Crippen MR) is 176 cm³/mol. The standard InChI is InChI=1S/C37H23N3S/c1-3-25-31(4-2)39-37(40-35(25)24-18-17-22-11-5-6-12-23(22)19-24)36-30-20-29-27-14-8-10-16-33(27)41-34(29)21-28(30)26-13-7-9-15-32(26)38-36/h3-21H,1-2H2. The number of pyridine rings is 1. The Bertz CT molecular complexity index is 2360. The van der Waals surface area contributed by atoms with Crippen molar-refractivity contribution in [3.8, 4) is 22.8 Å². The number of rotatable bonds is 4. The highest BCUT2D eigenvalue weighted by Crippen LogP contribution is 2.41. The van der Waals surface area contributed by atoms with Crippen LogP contribution in [0.25, 0.3) is 87.5 Å². The lowest BCUT2D eigenvalue weighted by Crippen LogP contribution is -2.02. The minimum absolute atomic E-state index is 0.572. The van der Waals surface area contributed by atoms with E-state index in [2.05, 4.69) is 110 Å². The average molecular weight is 542 g/mol. The van der Waals surface area contributed by atoms with E-state index in [4.69, 9.17) is 15.0 Å². The van der Waals surface area contributed by atoms with Gasteiger partial charge in [-0.05, 0) is 52.6 Å². The Labute approximate surface area is 240 Å². The summed E-state index contributed by atoms with van der Waals surface area (Å²) in [7, 11) is 0. The SMILES string of the molecule is C=Cc1nc(-c2nc3ccccc3c3cc4sc5ccccc5c4cc23)nc(-c2ccc3ccccc3c2)c1C=C. The zero-order chi connectivity index (χ0) is 27.5. The van der Waals surface area contributed by atoms with Crippen LogP contribution in [0.4, 0.5) is 0 Å². The molecule has 0 bridgehead atoms. The largest absolute Gasteiger partial charge is 0.244 e. The third-order valence-corrected chi connectivity index (χ3v) is 8.94. The Morgan fingerprint density at radius 2 is 1.32 bits per heavy atom. The van der Waals surface area contributed by atoms with Crippen molar-refractivity contribution in [3.05, 3.63) is 128 Å². The third kappa shape index (κ3) is 3.69. The van der Waals surface area contributed by atoms with E-state index >= 15 is 0 Å². The third-order valence-electron chi connectivity index (χ3n) is 7.81. The molecular weight excluding hydrogens is 518 g/mol. The summed E-state index contributed by atoms with van der Waals surface area (Å²) < 4.78 is 2.53. The number of aromatic nitrogens is 3.